The number of aromatic nitrogens is 4. The third kappa shape index (κ3) is 1.64. The molecule has 0 unspecified atom stereocenters. The van der Waals surface area contributed by atoms with E-state index in [0.29, 0.717) is 11.9 Å². The van der Waals surface area contributed by atoms with Crippen LogP contribution in [0.25, 0.3) is 16.7 Å². The maximum atomic E-state index is 5.80. The summed E-state index contributed by atoms with van der Waals surface area (Å²) in [6.07, 6.45) is 2.01. The van der Waals surface area contributed by atoms with E-state index >= 15 is 0 Å². The van der Waals surface area contributed by atoms with Crippen molar-refractivity contribution in [3.63, 3.8) is 0 Å². The van der Waals surface area contributed by atoms with Crippen molar-refractivity contribution >= 4 is 22.8 Å². The van der Waals surface area contributed by atoms with Gasteiger partial charge in [-0.3, -0.25) is 4.40 Å². The topological polar surface area (TPSA) is 59.5 Å². The lowest BCUT2D eigenvalue weighted by Gasteiger charge is -2.36. The van der Waals surface area contributed by atoms with E-state index in [1.54, 1.807) is 0 Å². The summed E-state index contributed by atoms with van der Waals surface area (Å²) in [5, 5.41) is 8.53. The molecule has 1 aliphatic heterocycles. The smallest absolute Gasteiger partial charge is 0.298 e. The Bertz CT molecular complexity index is 934. The van der Waals surface area contributed by atoms with Gasteiger partial charge in [0.25, 0.3) is 6.01 Å². The Morgan fingerprint density at radius 1 is 1.00 bits per heavy atom. The summed E-state index contributed by atoms with van der Waals surface area (Å²) in [5.41, 5.74) is 2.61. The predicted molar refractivity (Wildman–Crippen MR) is 82.0 cm³/mol. The number of hydrogen-bond acceptors (Lipinski definition) is 5. The van der Waals surface area contributed by atoms with Gasteiger partial charge in [-0.05, 0) is 24.3 Å². The number of para-hydroxylation sites is 2. The first-order valence-electron chi connectivity index (χ1n) is 7.29. The Morgan fingerprint density at radius 2 is 1.86 bits per heavy atom. The van der Waals surface area contributed by atoms with E-state index in [0.717, 1.165) is 35.7 Å². The van der Waals surface area contributed by atoms with Gasteiger partial charge >= 0.3 is 0 Å². The van der Waals surface area contributed by atoms with E-state index in [4.69, 9.17) is 4.42 Å². The largest absolute Gasteiger partial charge is 0.423 e. The van der Waals surface area contributed by atoms with Crippen LogP contribution in [0.2, 0.25) is 0 Å². The first kappa shape index (κ1) is 11.7. The summed E-state index contributed by atoms with van der Waals surface area (Å²) in [6, 6.07) is 14.4. The van der Waals surface area contributed by atoms with Crippen LogP contribution in [0.3, 0.4) is 0 Å². The molecule has 0 amide bonds. The molecule has 4 heterocycles. The fourth-order valence-electron chi connectivity index (χ4n) is 2.93. The summed E-state index contributed by atoms with van der Waals surface area (Å²) in [7, 11) is 0. The fourth-order valence-corrected chi connectivity index (χ4v) is 2.93. The third-order valence-electron chi connectivity index (χ3n) is 4.14. The molecule has 0 N–H and O–H groups in total. The van der Waals surface area contributed by atoms with Crippen molar-refractivity contribution in [2.75, 3.05) is 18.0 Å². The number of nitrogens with zero attached hydrogens (tertiary/aromatic N) is 5. The molecular formula is C16H13N5O. The molecule has 3 aromatic heterocycles. The second-order valence-corrected chi connectivity index (χ2v) is 5.55. The van der Waals surface area contributed by atoms with Gasteiger partial charge in [-0.25, -0.2) is 0 Å². The van der Waals surface area contributed by atoms with E-state index in [1.807, 2.05) is 53.1 Å². The summed E-state index contributed by atoms with van der Waals surface area (Å²) < 4.78 is 7.85. The van der Waals surface area contributed by atoms with Crippen molar-refractivity contribution in [3.8, 4) is 0 Å². The number of hydrogen-bond donors (Lipinski definition) is 0. The molecule has 0 atom stereocenters. The number of fused-ring (bicyclic) bond motifs is 2. The first-order chi connectivity index (χ1) is 10.9. The van der Waals surface area contributed by atoms with Crippen molar-refractivity contribution < 1.29 is 4.42 Å². The van der Waals surface area contributed by atoms with Crippen LogP contribution >= 0.6 is 0 Å². The molecule has 0 aliphatic carbocycles. The van der Waals surface area contributed by atoms with Crippen LogP contribution in [0.1, 0.15) is 11.7 Å². The van der Waals surface area contributed by atoms with Gasteiger partial charge in [-0.2, -0.15) is 4.98 Å². The SMILES string of the molecule is c1ccc2oc(N3CC(c4nnc5ccccn45)C3)nc2c1. The molecular weight excluding hydrogens is 278 g/mol. The summed E-state index contributed by atoms with van der Waals surface area (Å²) in [6.45, 7) is 1.70. The monoisotopic (exact) mass is 291 g/mol. The molecule has 0 spiro atoms. The van der Waals surface area contributed by atoms with Gasteiger partial charge < -0.3 is 9.32 Å². The lowest BCUT2D eigenvalue weighted by molar-refractivity contribution is 0.447. The fraction of sp³-hybridized carbons (Fsp3) is 0.188. The zero-order chi connectivity index (χ0) is 14.5. The second-order valence-electron chi connectivity index (χ2n) is 5.55. The third-order valence-corrected chi connectivity index (χ3v) is 4.14. The Hall–Kier alpha value is -2.89. The van der Waals surface area contributed by atoms with Crippen LogP contribution in [0, 0.1) is 0 Å². The summed E-state index contributed by atoms with van der Waals surface area (Å²) >= 11 is 0. The maximum Gasteiger partial charge on any atom is 0.298 e. The van der Waals surface area contributed by atoms with Crippen LogP contribution in [0.4, 0.5) is 6.01 Å². The quantitative estimate of drug-likeness (QED) is 0.568. The lowest BCUT2D eigenvalue weighted by Crippen LogP contribution is -2.46. The Labute approximate surface area is 126 Å². The van der Waals surface area contributed by atoms with Crippen LogP contribution in [-0.4, -0.2) is 32.7 Å². The van der Waals surface area contributed by atoms with E-state index in [1.165, 1.54) is 0 Å². The average Bonchev–Trinajstić information content (AvgIpc) is 3.10. The molecule has 22 heavy (non-hydrogen) atoms. The molecule has 1 aromatic carbocycles. The number of rotatable bonds is 2. The highest BCUT2D eigenvalue weighted by Crippen LogP contribution is 2.32. The minimum atomic E-state index is 0.354. The van der Waals surface area contributed by atoms with Crippen molar-refractivity contribution in [3.05, 3.63) is 54.5 Å². The molecule has 1 aliphatic rings. The first-order valence-corrected chi connectivity index (χ1v) is 7.29. The molecule has 0 radical (unpaired) electrons. The van der Waals surface area contributed by atoms with Gasteiger partial charge in [0.05, 0.1) is 5.92 Å². The van der Waals surface area contributed by atoms with Crippen molar-refractivity contribution in [1.82, 2.24) is 19.6 Å². The van der Waals surface area contributed by atoms with Gasteiger partial charge in [0.2, 0.25) is 0 Å². The highest BCUT2D eigenvalue weighted by Gasteiger charge is 2.34. The number of oxazole rings is 1. The molecule has 0 saturated carbocycles. The van der Waals surface area contributed by atoms with Gasteiger partial charge in [0, 0.05) is 19.3 Å². The van der Waals surface area contributed by atoms with E-state index in [2.05, 4.69) is 20.1 Å². The number of anilines is 1. The highest BCUT2D eigenvalue weighted by molar-refractivity contribution is 5.74. The van der Waals surface area contributed by atoms with Gasteiger partial charge in [0.15, 0.2) is 11.2 Å². The minimum absolute atomic E-state index is 0.354. The molecule has 108 valence electrons. The molecule has 5 rings (SSSR count). The molecule has 4 aromatic rings. The van der Waals surface area contributed by atoms with Crippen LogP contribution in [0.15, 0.2) is 53.1 Å². The Morgan fingerprint density at radius 3 is 2.77 bits per heavy atom. The minimum Gasteiger partial charge on any atom is -0.423 e. The van der Waals surface area contributed by atoms with E-state index in [9.17, 15) is 0 Å². The van der Waals surface area contributed by atoms with Crippen molar-refractivity contribution in [2.24, 2.45) is 0 Å². The summed E-state index contributed by atoms with van der Waals surface area (Å²) in [5.74, 6) is 1.36. The number of benzene rings is 1. The predicted octanol–water partition coefficient (Wildman–Crippen LogP) is 2.47. The standard InChI is InChI=1S/C16H13N5O/c1-2-6-13-12(5-1)17-16(22-13)20-9-11(10-20)15-19-18-14-7-3-4-8-21(14)15/h1-8,11H,9-10H2. The Balaban J connectivity index is 1.41. The van der Waals surface area contributed by atoms with Gasteiger partial charge in [-0.1, -0.05) is 18.2 Å². The molecule has 0 bridgehead atoms. The molecule has 6 heteroatoms. The zero-order valence-electron chi connectivity index (χ0n) is 11.8. The summed E-state index contributed by atoms with van der Waals surface area (Å²) in [4.78, 5) is 6.66. The van der Waals surface area contributed by atoms with Crippen LogP contribution in [0.5, 0.6) is 0 Å². The van der Waals surface area contributed by atoms with E-state index < -0.39 is 0 Å². The zero-order valence-corrected chi connectivity index (χ0v) is 11.8. The lowest BCUT2D eigenvalue weighted by atomic mass is 10.00. The van der Waals surface area contributed by atoms with Gasteiger partial charge in [-0.15, -0.1) is 10.2 Å². The van der Waals surface area contributed by atoms with Gasteiger partial charge in [0.1, 0.15) is 11.3 Å². The molecule has 1 saturated heterocycles. The number of pyridine rings is 1. The Kier molecular flexibility index (Phi) is 2.29. The average molecular weight is 291 g/mol. The molecule has 6 nitrogen and oxygen atoms in total. The molecule has 1 fully saturated rings. The highest BCUT2D eigenvalue weighted by atomic mass is 16.4. The van der Waals surface area contributed by atoms with Crippen molar-refractivity contribution in [1.29, 1.82) is 0 Å². The van der Waals surface area contributed by atoms with E-state index in [-0.39, 0.29) is 0 Å². The van der Waals surface area contributed by atoms with Crippen LogP contribution < -0.4 is 4.90 Å². The van der Waals surface area contributed by atoms with Crippen LogP contribution in [-0.2, 0) is 0 Å². The maximum absolute atomic E-state index is 5.80. The second kappa shape index (κ2) is 4.30. The normalized spacial score (nSPS) is 15.5. The van der Waals surface area contributed by atoms with Crippen molar-refractivity contribution in [2.45, 2.75) is 5.92 Å².